The van der Waals surface area contributed by atoms with E-state index in [1.165, 1.54) is 38.5 Å². The highest BCUT2D eigenvalue weighted by atomic mass is 14.9. The molecule has 0 spiro atoms. The minimum absolute atomic E-state index is 0.594. The Kier molecular flexibility index (Phi) is 3.82. The number of nitriles is 1. The van der Waals surface area contributed by atoms with Crippen LogP contribution in [0.2, 0.25) is 0 Å². The van der Waals surface area contributed by atoms with Crippen LogP contribution in [0.4, 0.5) is 5.69 Å². The van der Waals surface area contributed by atoms with Crippen LogP contribution in [0.15, 0.2) is 24.3 Å². The van der Waals surface area contributed by atoms with Crippen LogP contribution in [0.25, 0.3) is 0 Å². The van der Waals surface area contributed by atoms with Crippen LogP contribution in [-0.4, -0.2) is 6.04 Å². The average molecular weight is 214 g/mol. The molecule has 1 N–H and O–H groups in total. The standard InChI is InChI=1S/C14H18N2/c15-11-12-6-5-9-14(10-12)16-13-7-3-1-2-4-8-13/h5-6,9-10,13,16H,1-4,7-8H2. The highest BCUT2D eigenvalue weighted by molar-refractivity contribution is 5.49. The van der Waals surface area contributed by atoms with Crippen LogP contribution in [-0.2, 0) is 0 Å². The van der Waals surface area contributed by atoms with Gasteiger partial charge in [0.2, 0.25) is 0 Å². The summed E-state index contributed by atoms with van der Waals surface area (Å²) < 4.78 is 0. The Bertz CT molecular complexity index is 371. The molecule has 1 saturated carbocycles. The predicted octanol–water partition coefficient (Wildman–Crippen LogP) is 3.69. The van der Waals surface area contributed by atoms with Gasteiger partial charge in [0.25, 0.3) is 0 Å². The number of rotatable bonds is 2. The highest BCUT2D eigenvalue weighted by Crippen LogP contribution is 2.21. The molecule has 0 unspecified atom stereocenters. The molecule has 0 amide bonds. The van der Waals surface area contributed by atoms with Gasteiger partial charge in [0, 0.05) is 11.7 Å². The van der Waals surface area contributed by atoms with Gasteiger partial charge in [0.1, 0.15) is 0 Å². The van der Waals surface area contributed by atoms with Gasteiger partial charge < -0.3 is 5.32 Å². The molecule has 1 aromatic rings. The molecule has 0 bridgehead atoms. The Labute approximate surface area is 97.3 Å². The number of benzene rings is 1. The Morgan fingerprint density at radius 3 is 2.56 bits per heavy atom. The van der Waals surface area contributed by atoms with Gasteiger partial charge in [-0.2, -0.15) is 5.26 Å². The van der Waals surface area contributed by atoms with E-state index in [4.69, 9.17) is 5.26 Å². The van der Waals surface area contributed by atoms with Crippen molar-refractivity contribution in [3.05, 3.63) is 29.8 Å². The number of anilines is 1. The van der Waals surface area contributed by atoms with Crippen molar-refractivity contribution in [2.45, 2.75) is 44.6 Å². The van der Waals surface area contributed by atoms with Crippen LogP contribution in [0, 0.1) is 11.3 Å². The lowest BCUT2D eigenvalue weighted by atomic mass is 10.1. The van der Waals surface area contributed by atoms with E-state index in [2.05, 4.69) is 11.4 Å². The van der Waals surface area contributed by atoms with E-state index in [1.807, 2.05) is 24.3 Å². The van der Waals surface area contributed by atoms with Gasteiger partial charge in [-0.05, 0) is 31.0 Å². The SMILES string of the molecule is N#Cc1cccc(NC2CCCCCC2)c1. The molecule has 1 fully saturated rings. The molecule has 1 aromatic carbocycles. The topological polar surface area (TPSA) is 35.8 Å². The molecule has 2 heteroatoms. The zero-order valence-electron chi connectivity index (χ0n) is 9.58. The second-order valence-corrected chi connectivity index (χ2v) is 4.53. The molecular weight excluding hydrogens is 196 g/mol. The Morgan fingerprint density at radius 2 is 1.88 bits per heavy atom. The van der Waals surface area contributed by atoms with Crippen molar-refractivity contribution in [1.82, 2.24) is 0 Å². The lowest BCUT2D eigenvalue weighted by Crippen LogP contribution is -2.18. The fourth-order valence-electron chi connectivity index (χ4n) is 2.34. The predicted molar refractivity (Wildman–Crippen MR) is 66.3 cm³/mol. The minimum Gasteiger partial charge on any atom is -0.382 e. The van der Waals surface area contributed by atoms with Crippen molar-refractivity contribution < 1.29 is 0 Å². The van der Waals surface area contributed by atoms with E-state index in [1.54, 1.807) is 0 Å². The van der Waals surface area contributed by atoms with Crippen molar-refractivity contribution in [3.8, 4) is 6.07 Å². The van der Waals surface area contributed by atoms with Crippen molar-refractivity contribution in [3.63, 3.8) is 0 Å². The van der Waals surface area contributed by atoms with E-state index in [9.17, 15) is 0 Å². The van der Waals surface area contributed by atoms with Crippen molar-refractivity contribution in [2.24, 2.45) is 0 Å². The lowest BCUT2D eigenvalue weighted by Gasteiger charge is -2.17. The zero-order chi connectivity index (χ0) is 11.2. The number of hydrogen-bond donors (Lipinski definition) is 1. The fraction of sp³-hybridized carbons (Fsp3) is 0.500. The van der Waals surface area contributed by atoms with Gasteiger partial charge in [-0.3, -0.25) is 0 Å². The smallest absolute Gasteiger partial charge is 0.0992 e. The summed E-state index contributed by atoms with van der Waals surface area (Å²) in [4.78, 5) is 0. The van der Waals surface area contributed by atoms with E-state index in [0.29, 0.717) is 6.04 Å². The minimum atomic E-state index is 0.594. The first-order chi connectivity index (χ1) is 7.88. The van der Waals surface area contributed by atoms with E-state index in [-0.39, 0.29) is 0 Å². The number of hydrogen-bond acceptors (Lipinski definition) is 2. The molecule has 2 nitrogen and oxygen atoms in total. The third-order valence-corrected chi connectivity index (χ3v) is 3.22. The maximum absolute atomic E-state index is 8.84. The van der Waals surface area contributed by atoms with Gasteiger partial charge >= 0.3 is 0 Å². The molecule has 0 heterocycles. The molecular formula is C14H18N2. The monoisotopic (exact) mass is 214 g/mol. The third kappa shape index (κ3) is 3.00. The first kappa shape index (κ1) is 11.0. The van der Waals surface area contributed by atoms with Crippen molar-refractivity contribution in [2.75, 3.05) is 5.32 Å². The van der Waals surface area contributed by atoms with E-state index >= 15 is 0 Å². The van der Waals surface area contributed by atoms with Gasteiger partial charge in [-0.25, -0.2) is 0 Å². The molecule has 0 aromatic heterocycles. The molecule has 0 saturated heterocycles. The molecule has 84 valence electrons. The Morgan fingerprint density at radius 1 is 1.12 bits per heavy atom. The zero-order valence-corrected chi connectivity index (χ0v) is 9.58. The fourth-order valence-corrected chi connectivity index (χ4v) is 2.34. The Balaban J connectivity index is 1.99. The van der Waals surface area contributed by atoms with Crippen LogP contribution in [0.1, 0.15) is 44.1 Å². The van der Waals surface area contributed by atoms with Crippen LogP contribution >= 0.6 is 0 Å². The summed E-state index contributed by atoms with van der Waals surface area (Å²) in [5, 5.41) is 12.4. The number of nitrogens with one attached hydrogen (secondary N) is 1. The summed E-state index contributed by atoms with van der Waals surface area (Å²) in [5.74, 6) is 0. The summed E-state index contributed by atoms with van der Waals surface area (Å²) >= 11 is 0. The van der Waals surface area contributed by atoms with Crippen molar-refractivity contribution in [1.29, 1.82) is 5.26 Å². The summed E-state index contributed by atoms with van der Waals surface area (Å²) in [6.07, 6.45) is 7.92. The van der Waals surface area contributed by atoms with Gasteiger partial charge in [0.15, 0.2) is 0 Å². The summed E-state index contributed by atoms with van der Waals surface area (Å²) in [7, 11) is 0. The Hall–Kier alpha value is -1.49. The van der Waals surface area contributed by atoms with Crippen LogP contribution < -0.4 is 5.32 Å². The third-order valence-electron chi connectivity index (χ3n) is 3.22. The summed E-state index contributed by atoms with van der Waals surface area (Å²) in [5.41, 5.74) is 1.82. The summed E-state index contributed by atoms with van der Waals surface area (Å²) in [6, 6.07) is 10.5. The quantitative estimate of drug-likeness (QED) is 0.762. The second kappa shape index (κ2) is 5.55. The van der Waals surface area contributed by atoms with E-state index < -0.39 is 0 Å². The largest absolute Gasteiger partial charge is 0.382 e. The molecule has 16 heavy (non-hydrogen) atoms. The van der Waals surface area contributed by atoms with Gasteiger partial charge in [0.05, 0.1) is 11.6 Å². The van der Waals surface area contributed by atoms with Gasteiger partial charge in [-0.15, -0.1) is 0 Å². The maximum Gasteiger partial charge on any atom is 0.0992 e. The molecule has 0 aliphatic heterocycles. The highest BCUT2D eigenvalue weighted by Gasteiger charge is 2.11. The lowest BCUT2D eigenvalue weighted by molar-refractivity contribution is 0.620. The summed E-state index contributed by atoms with van der Waals surface area (Å²) in [6.45, 7) is 0. The molecule has 2 rings (SSSR count). The van der Waals surface area contributed by atoms with E-state index in [0.717, 1.165) is 11.3 Å². The number of nitrogens with zero attached hydrogens (tertiary/aromatic N) is 1. The molecule has 1 aliphatic carbocycles. The molecule has 0 atom stereocenters. The van der Waals surface area contributed by atoms with Crippen molar-refractivity contribution >= 4 is 5.69 Å². The average Bonchev–Trinajstić information content (AvgIpc) is 2.58. The second-order valence-electron chi connectivity index (χ2n) is 4.53. The molecule has 1 aliphatic rings. The first-order valence-corrected chi connectivity index (χ1v) is 6.15. The first-order valence-electron chi connectivity index (χ1n) is 6.15. The van der Waals surface area contributed by atoms with Crippen LogP contribution in [0.5, 0.6) is 0 Å². The maximum atomic E-state index is 8.84. The van der Waals surface area contributed by atoms with Crippen LogP contribution in [0.3, 0.4) is 0 Å². The molecule has 0 radical (unpaired) electrons. The van der Waals surface area contributed by atoms with Gasteiger partial charge in [-0.1, -0.05) is 31.7 Å². The normalized spacial score (nSPS) is 17.4.